The van der Waals surface area contributed by atoms with Crippen molar-refractivity contribution in [1.82, 2.24) is 9.97 Å². The quantitative estimate of drug-likeness (QED) is 0.884. The van der Waals surface area contributed by atoms with E-state index in [1.54, 1.807) is 13.2 Å². The van der Waals surface area contributed by atoms with E-state index in [1.807, 2.05) is 12.1 Å². The second-order valence-corrected chi connectivity index (χ2v) is 3.73. The molecule has 2 N–H and O–H groups in total. The molecule has 4 nitrogen and oxygen atoms in total. The molecule has 5 heteroatoms. The van der Waals surface area contributed by atoms with Crippen molar-refractivity contribution in [3.8, 4) is 5.88 Å². The van der Waals surface area contributed by atoms with Gasteiger partial charge in [-0.3, -0.25) is 0 Å². The van der Waals surface area contributed by atoms with Crippen LogP contribution in [0, 0.1) is 0 Å². The van der Waals surface area contributed by atoms with Crippen molar-refractivity contribution in [2.24, 2.45) is 5.73 Å². The van der Waals surface area contributed by atoms with Crippen molar-refractivity contribution in [1.29, 1.82) is 0 Å². The molecule has 0 unspecified atom stereocenters. The fourth-order valence-corrected chi connectivity index (χ4v) is 1.79. The lowest BCUT2D eigenvalue weighted by Gasteiger charge is -2.07. The van der Waals surface area contributed by atoms with E-state index in [9.17, 15) is 0 Å². The summed E-state index contributed by atoms with van der Waals surface area (Å²) in [5.74, 6) is 1.17. The third-order valence-electron chi connectivity index (χ3n) is 2.25. The van der Waals surface area contributed by atoms with Gasteiger partial charge in [0, 0.05) is 6.42 Å². The fraction of sp³-hybridized carbons (Fsp3) is 0.273. The van der Waals surface area contributed by atoms with E-state index >= 15 is 0 Å². The molecule has 0 radical (unpaired) electrons. The van der Waals surface area contributed by atoms with Crippen LogP contribution in [0.3, 0.4) is 0 Å². The van der Waals surface area contributed by atoms with Crippen molar-refractivity contribution in [2.75, 3.05) is 13.7 Å². The van der Waals surface area contributed by atoms with Crippen LogP contribution in [0.5, 0.6) is 5.88 Å². The first-order chi connectivity index (χ1) is 7.76. The molecule has 0 bridgehead atoms. The molecule has 0 atom stereocenters. The molecule has 2 aromatic rings. The molecule has 1 aromatic carbocycles. The number of methoxy groups -OCH3 is 1. The molecule has 0 spiro atoms. The summed E-state index contributed by atoms with van der Waals surface area (Å²) in [6.07, 6.45) is 0.624. The summed E-state index contributed by atoms with van der Waals surface area (Å²) in [6, 6.07) is 5.52. The minimum absolute atomic E-state index is 0.499. The Morgan fingerprint density at radius 3 is 2.88 bits per heavy atom. The predicted octanol–water partition coefficient (Wildman–Crippen LogP) is 1.79. The number of fused-ring (bicyclic) bond motifs is 1. The highest BCUT2D eigenvalue weighted by molar-refractivity contribution is 6.35. The lowest BCUT2D eigenvalue weighted by Crippen LogP contribution is -2.07. The Hall–Kier alpha value is -1.39. The van der Waals surface area contributed by atoms with Gasteiger partial charge in [-0.25, -0.2) is 4.98 Å². The Morgan fingerprint density at radius 1 is 1.38 bits per heavy atom. The van der Waals surface area contributed by atoms with Gasteiger partial charge in [0.25, 0.3) is 0 Å². The largest absolute Gasteiger partial charge is 0.480 e. The van der Waals surface area contributed by atoms with Gasteiger partial charge in [-0.15, -0.1) is 0 Å². The van der Waals surface area contributed by atoms with Gasteiger partial charge in [0.05, 0.1) is 23.0 Å². The van der Waals surface area contributed by atoms with E-state index in [2.05, 4.69) is 9.97 Å². The van der Waals surface area contributed by atoms with Crippen molar-refractivity contribution in [3.05, 3.63) is 29.0 Å². The number of nitrogens with zero attached hydrogens (tertiary/aromatic N) is 2. The molecule has 0 amide bonds. The van der Waals surface area contributed by atoms with Crippen LogP contribution >= 0.6 is 11.6 Å². The number of hydrogen-bond acceptors (Lipinski definition) is 4. The molecule has 0 saturated carbocycles. The van der Waals surface area contributed by atoms with Gasteiger partial charge in [0.1, 0.15) is 5.82 Å². The molecule has 0 fully saturated rings. The van der Waals surface area contributed by atoms with E-state index in [4.69, 9.17) is 22.1 Å². The van der Waals surface area contributed by atoms with E-state index in [1.165, 1.54) is 0 Å². The van der Waals surface area contributed by atoms with E-state index in [0.717, 1.165) is 10.9 Å². The van der Waals surface area contributed by atoms with Crippen LogP contribution in [0.25, 0.3) is 10.9 Å². The summed E-state index contributed by atoms with van der Waals surface area (Å²) in [5, 5.41) is 1.33. The van der Waals surface area contributed by atoms with E-state index in [0.29, 0.717) is 29.7 Å². The van der Waals surface area contributed by atoms with Crippen LogP contribution in [0.15, 0.2) is 18.2 Å². The van der Waals surface area contributed by atoms with Crippen LogP contribution in [-0.4, -0.2) is 23.6 Å². The normalized spacial score (nSPS) is 10.7. The summed E-state index contributed by atoms with van der Waals surface area (Å²) >= 11 is 6.09. The van der Waals surface area contributed by atoms with Crippen molar-refractivity contribution in [2.45, 2.75) is 6.42 Å². The van der Waals surface area contributed by atoms with Crippen LogP contribution in [-0.2, 0) is 6.42 Å². The van der Waals surface area contributed by atoms with Gasteiger partial charge in [-0.05, 0) is 18.7 Å². The summed E-state index contributed by atoms with van der Waals surface area (Å²) < 4.78 is 5.22. The van der Waals surface area contributed by atoms with Crippen molar-refractivity contribution >= 4 is 22.5 Å². The monoisotopic (exact) mass is 237 g/mol. The maximum absolute atomic E-state index is 6.09. The topological polar surface area (TPSA) is 61.0 Å². The summed E-state index contributed by atoms with van der Waals surface area (Å²) in [6.45, 7) is 0.509. The molecule has 0 aliphatic rings. The van der Waals surface area contributed by atoms with E-state index in [-0.39, 0.29) is 0 Å². The number of nitrogens with two attached hydrogens (primary N) is 1. The molecular formula is C11H12ClN3O. The second kappa shape index (κ2) is 4.63. The van der Waals surface area contributed by atoms with E-state index < -0.39 is 0 Å². The maximum atomic E-state index is 6.09. The third-order valence-corrected chi connectivity index (χ3v) is 2.56. The van der Waals surface area contributed by atoms with Gasteiger partial charge >= 0.3 is 0 Å². The van der Waals surface area contributed by atoms with Crippen LogP contribution < -0.4 is 10.5 Å². The summed E-state index contributed by atoms with van der Waals surface area (Å²) in [7, 11) is 1.57. The minimum Gasteiger partial charge on any atom is -0.480 e. The molecule has 1 aromatic heterocycles. The maximum Gasteiger partial charge on any atom is 0.225 e. The minimum atomic E-state index is 0.499. The molecular weight excluding hydrogens is 226 g/mol. The Kier molecular flexibility index (Phi) is 3.22. The SMILES string of the molecule is COc1nc(CCN)nc2cccc(Cl)c12. The zero-order valence-electron chi connectivity index (χ0n) is 8.90. The number of hydrogen-bond donors (Lipinski definition) is 1. The average Bonchev–Trinajstić information content (AvgIpc) is 2.28. The molecule has 0 saturated heterocycles. The van der Waals surface area contributed by atoms with Gasteiger partial charge in [-0.1, -0.05) is 17.7 Å². The second-order valence-electron chi connectivity index (χ2n) is 3.32. The standard InChI is InChI=1S/C11H12ClN3O/c1-16-11-10-7(12)3-2-4-8(10)14-9(15-11)5-6-13/h2-4H,5-6,13H2,1H3. The summed E-state index contributed by atoms with van der Waals surface area (Å²) in [4.78, 5) is 8.65. The first-order valence-corrected chi connectivity index (χ1v) is 5.33. The molecule has 84 valence electrons. The average molecular weight is 238 g/mol. The Morgan fingerprint density at radius 2 is 2.19 bits per heavy atom. The van der Waals surface area contributed by atoms with Crippen LogP contribution in [0.1, 0.15) is 5.82 Å². The van der Waals surface area contributed by atoms with Gasteiger partial charge in [-0.2, -0.15) is 4.98 Å². The van der Waals surface area contributed by atoms with Gasteiger partial charge in [0.2, 0.25) is 5.88 Å². The predicted molar refractivity (Wildman–Crippen MR) is 63.9 cm³/mol. The Labute approximate surface area is 98.4 Å². The number of halogens is 1. The molecule has 16 heavy (non-hydrogen) atoms. The lowest BCUT2D eigenvalue weighted by molar-refractivity contribution is 0.401. The van der Waals surface area contributed by atoms with Gasteiger partial charge in [0.15, 0.2) is 0 Å². The molecule has 0 aliphatic heterocycles. The van der Waals surface area contributed by atoms with Crippen molar-refractivity contribution in [3.63, 3.8) is 0 Å². The highest BCUT2D eigenvalue weighted by atomic mass is 35.5. The Balaban J connectivity index is 2.68. The van der Waals surface area contributed by atoms with Crippen molar-refractivity contribution < 1.29 is 4.74 Å². The number of rotatable bonds is 3. The van der Waals surface area contributed by atoms with Gasteiger partial charge < -0.3 is 10.5 Å². The summed E-state index contributed by atoms with van der Waals surface area (Å²) in [5.41, 5.74) is 6.26. The van der Waals surface area contributed by atoms with Crippen LogP contribution in [0.4, 0.5) is 0 Å². The highest BCUT2D eigenvalue weighted by Crippen LogP contribution is 2.29. The molecule has 0 aliphatic carbocycles. The molecule has 2 rings (SSSR count). The smallest absolute Gasteiger partial charge is 0.225 e. The first-order valence-electron chi connectivity index (χ1n) is 4.95. The lowest BCUT2D eigenvalue weighted by atomic mass is 10.2. The zero-order chi connectivity index (χ0) is 11.5. The molecule has 1 heterocycles. The van der Waals surface area contributed by atoms with Crippen LogP contribution in [0.2, 0.25) is 5.02 Å². The number of ether oxygens (including phenoxy) is 1. The zero-order valence-corrected chi connectivity index (χ0v) is 9.66. The number of aromatic nitrogens is 2. The first kappa shape index (κ1) is 11.1. The fourth-order valence-electron chi connectivity index (χ4n) is 1.54. The Bertz CT molecular complexity index is 516. The highest BCUT2D eigenvalue weighted by Gasteiger charge is 2.10. The number of benzene rings is 1. The third kappa shape index (κ3) is 1.94.